The molecule has 1 amide bonds. The zero-order valence-electron chi connectivity index (χ0n) is 18.7. The number of nitriles is 1. The normalized spacial score (nSPS) is 10.5. The number of amides is 1. The van der Waals surface area contributed by atoms with Gasteiger partial charge in [0, 0.05) is 42.3 Å². The number of benzene rings is 2. The van der Waals surface area contributed by atoms with E-state index in [-0.39, 0.29) is 5.91 Å². The maximum atomic E-state index is 12.6. The van der Waals surface area contributed by atoms with Gasteiger partial charge in [-0.2, -0.15) is 5.26 Å². The predicted octanol–water partition coefficient (Wildman–Crippen LogP) is 4.45. The van der Waals surface area contributed by atoms with Crippen molar-refractivity contribution in [2.75, 3.05) is 11.1 Å². The summed E-state index contributed by atoms with van der Waals surface area (Å²) in [7, 11) is 0. The fraction of sp³-hybridized carbons (Fsp3) is 0.111. The van der Waals surface area contributed by atoms with Crippen molar-refractivity contribution in [3.63, 3.8) is 0 Å². The molecule has 4 N–H and O–H groups in total. The van der Waals surface area contributed by atoms with E-state index >= 15 is 0 Å². The highest BCUT2D eigenvalue weighted by Crippen LogP contribution is 2.23. The number of carbonyl (C=O) groups is 1. The molecule has 0 atom stereocenters. The third-order valence-electron chi connectivity index (χ3n) is 5.33. The third-order valence-corrected chi connectivity index (χ3v) is 5.33. The molecule has 2 heterocycles. The first-order chi connectivity index (χ1) is 16.5. The number of nitrogens with one attached hydrogen (secondary N) is 2. The average Bonchev–Trinajstić information content (AvgIpc) is 2.86. The van der Waals surface area contributed by atoms with E-state index in [4.69, 9.17) is 5.73 Å². The van der Waals surface area contributed by atoms with Crippen LogP contribution >= 0.6 is 0 Å². The van der Waals surface area contributed by atoms with E-state index in [2.05, 4.69) is 26.7 Å². The molecular weight excluding hydrogens is 424 g/mol. The second kappa shape index (κ2) is 10.4. The predicted molar refractivity (Wildman–Crippen MR) is 133 cm³/mol. The number of aromatic nitrogens is 2. The maximum Gasteiger partial charge on any atom is 0.255 e. The number of carbonyl (C=O) groups excluding carboxylic acids is 1. The quantitative estimate of drug-likeness (QED) is 0.360. The van der Waals surface area contributed by atoms with Crippen molar-refractivity contribution < 1.29 is 4.79 Å². The van der Waals surface area contributed by atoms with Gasteiger partial charge in [-0.05, 0) is 54.4 Å². The second-order valence-electron chi connectivity index (χ2n) is 7.88. The van der Waals surface area contributed by atoms with Gasteiger partial charge in [-0.1, -0.05) is 30.3 Å². The lowest BCUT2D eigenvalue weighted by Gasteiger charge is -2.10. The van der Waals surface area contributed by atoms with Gasteiger partial charge in [0.1, 0.15) is 6.07 Å². The van der Waals surface area contributed by atoms with Crippen LogP contribution in [0.2, 0.25) is 0 Å². The van der Waals surface area contributed by atoms with Crippen molar-refractivity contribution in [1.29, 1.82) is 5.26 Å². The molecule has 0 aliphatic carbocycles. The Morgan fingerprint density at radius 1 is 0.971 bits per heavy atom. The summed E-state index contributed by atoms with van der Waals surface area (Å²) in [5.74, 6) is -0.261. The summed E-state index contributed by atoms with van der Waals surface area (Å²) in [5.41, 5.74) is 12.2. The molecule has 0 aliphatic heterocycles. The summed E-state index contributed by atoms with van der Waals surface area (Å²) in [6, 6.07) is 22.2. The highest BCUT2D eigenvalue weighted by molar-refractivity contribution is 6.05. The fourth-order valence-electron chi connectivity index (χ4n) is 3.46. The number of hydrogen-bond donors (Lipinski definition) is 3. The van der Waals surface area contributed by atoms with Crippen molar-refractivity contribution >= 4 is 17.3 Å². The number of hydrogen-bond acceptors (Lipinski definition) is 6. The minimum Gasteiger partial charge on any atom is -0.397 e. The van der Waals surface area contributed by atoms with Crippen LogP contribution in [-0.2, 0) is 13.1 Å². The Balaban J connectivity index is 1.43. The molecule has 0 saturated heterocycles. The van der Waals surface area contributed by atoms with E-state index < -0.39 is 0 Å². The summed E-state index contributed by atoms with van der Waals surface area (Å²) in [6.07, 6.45) is 3.61. The Morgan fingerprint density at radius 3 is 2.41 bits per heavy atom. The van der Waals surface area contributed by atoms with Crippen LogP contribution in [0.25, 0.3) is 11.3 Å². The largest absolute Gasteiger partial charge is 0.397 e. The Morgan fingerprint density at radius 2 is 1.71 bits per heavy atom. The smallest absolute Gasteiger partial charge is 0.255 e. The fourth-order valence-corrected chi connectivity index (χ4v) is 3.46. The molecule has 0 fully saturated rings. The van der Waals surface area contributed by atoms with Crippen LogP contribution in [0.4, 0.5) is 11.4 Å². The molecule has 34 heavy (non-hydrogen) atoms. The number of nitrogen functional groups attached to an aromatic ring is 1. The van der Waals surface area contributed by atoms with Crippen LogP contribution in [0.5, 0.6) is 0 Å². The number of rotatable bonds is 7. The molecule has 7 nitrogen and oxygen atoms in total. The lowest BCUT2D eigenvalue weighted by Crippen LogP contribution is -2.13. The Bertz CT molecular complexity index is 1340. The molecule has 0 unspecified atom stereocenters. The van der Waals surface area contributed by atoms with Crippen LogP contribution in [0, 0.1) is 18.3 Å². The minimum atomic E-state index is -0.261. The molecule has 0 aliphatic rings. The zero-order valence-corrected chi connectivity index (χ0v) is 18.7. The summed E-state index contributed by atoms with van der Waals surface area (Å²) >= 11 is 0. The summed E-state index contributed by atoms with van der Waals surface area (Å²) < 4.78 is 0. The van der Waals surface area contributed by atoms with Crippen LogP contribution in [0.15, 0.2) is 79.1 Å². The summed E-state index contributed by atoms with van der Waals surface area (Å²) in [6.45, 7) is 3.21. The summed E-state index contributed by atoms with van der Waals surface area (Å²) in [5, 5.41) is 15.8. The molecule has 168 valence electrons. The molecule has 2 aromatic carbocycles. The monoisotopic (exact) mass is 448 g/mol. The Hall–Kier alpha value is -4.54. The molecule has 0 bridgehead atoms. The van der Waals surface area contributed by atoms with Crippen LogP contribution in [-0.4, -0.2) is 15.9 Å². The topological polar surface area (TPSA) is 117 Å². The molecule has 7 heteroatoms. The van der Waals surface area contributed by atoms with Crippen molar-refractivity contribution in [1.82, 2.24) is 15.3 Å². The van der Waals surface area contributed by atoms with Crippen LogP contribution < -0.4 is 16.4 Å². The first kappa shape index (κ1) is 22.6. The number of para-hydroxylation sites is 2. The SMILES string of the molecule is Cc1ccc(CNCc2cnc(-c3ccc(C(=O)Nc4ccccc4N)cc3)c(C#N)c2)cn1. The molecule has 0 spiro atoms. The van der Waals surface area contributed by atoms with Crippen molar-refractivity contribution in [3.05, 3.63) is 107 Å². The molecule has 0 radical (unpaired) electrons. The van der Waals surface area contributed by atoms with Gasteiger partial charge in [0.05, 0.1) is 22.6 Å². The molecule has 0 saturated carbocycles. The van der Waals surface area contributed by atoms with Crippen molar-refractivity contribution in [2.24, 2.45) is 0 Å². The Kier molecular flexibility index (Phi) is 6.92. The van der Waals surface area contributed by atoms with Gasteiger partial charge in [-0.25, -0.2) is 0 Å². The minimum absolute atomic E-state index is 0.261. The second-order valence-corrected chi connectivity index (χ2v) is 7.88. The van der Waals surface area contributed by atoms with Crippen LogP contribution in [0.1, 0.15) is 32.7 Å². The van der Waals surface area contributed by atoms with Crippen LogP contribution in [0.3, 0.4) is 0 Å². The number of nitrogens with two attached hydrogens (primary N) is 1. The first-order valence-electron chi connectivity index (χ1n) is 10.8. The highest BCUT2D eigenvalue weighted by atomic mass is 16.1. The van der Waals surface area contributed by atoms with Gasteiger partial charge < -0.3 is 16.4 Å². The van der Waals surface area contributed by atoms with Gasteiger partial charge in [0.2, 0.25) is 0 Å². The highest BCUT2D eigenvalue weighted by Gasteiger charge is 2.11. The molecule has 4 rings (SSSR count). The lowest BCUT2D eigenvalue weighted by atomic mass is 10.0. The first-order valence-corrected chi connectivity index (χ1v) is 10.8. The number of pyridine rings is 2. The van der Waals surface area contributed by atoms with Gasteiger partial charge in [-0.15, -0.1) is 0 Å². The number of nitrogens with zero attached hydrogens (tertiary/aromatic N) is 3. The molecular formula is C27H24N6O. The van der Waals surface area contributed by atoms with Crippen molar-refractivity contribution in [2.45, 2.75) is 20.0 Å². The number of anilines is 2. The van der Waals surface area contributed by atoms with E-state index in [9.17, 15) is 10.1 Å². The van der Waals surface area contributed by atoms with E-state index in [1.165, 1.54) is 0 Å². The van der Waals surface area contributed by atoms with E-state index in [0.29, 0.717) is 41.3 Å². The molecule has 4 aromatic rings. The number of aryl methyl sites for hydroxylation is 1. The third kappa shape index (κ3) is 5.44. The zero-order chi connectivity index (χ0) is 23.9. The van der Waals surface area contributed by atoms with E-state index in [1.807, 2.05) is 43.5 Å². The van der Waals surface area contributed by atoms with Gasteiger partial charge in [0.15, 0.2) is 0 Å². The summed E-state index contributed by atoms with van der Waals surface area (Å²) in [4.78, 5) is 21.4. The van der Waals surface area contributed by atoms with Gasteiger partial charge in [0.25, 0.3) is 5.91 Å². The van der Waals surface area contributed by atoms with Crippen molar-refractivity contribution in [3.8, 4) is 17.3 Å². The molecule has 2 aromatic heterocycles. The van der Waals surface area contributed by atoms with E-state index in [1.54, 1.807) is 42.6 Å². The average molecular weight is 449 g/mol. The Labute approximate surface area is 198 Å². The standard InChI is InChI=1S/C27H24N6O/c1-18-6-7-19(16-31-18)14-30-15-20-12-23(13-28)26(32-17-20)21-8-10-22(11-9-21)27(34)33-25-5-3-2-4-24(25)29/h2-12,16-17,30H,14-15,29H2,1H3,(H,33,34). The van der Waals surface area contributed by atoms with Gasteiger partial charge >= 0.3 is 0 Å². The van der Waals surface area contributed by atoms with E-state index in [0.717, 1.165) is 22.4 Å². The van der Waals surface area contributed by atoms with Gasteiger partial charge in [-0.3, -0.25) is 14.8 Å². The lowest BCUT2D eigenvalue weighted by molar-refractivity contribution is 0.102. The maximum absolute atomic E-state index is 12.6.